The molecule has 15 heavy (non-hydrogen) atoms. The van der Waals surface area contributed by atoms with Crippen molar-refractivity contribution in [3.63, 3.8) is 0 Å². The lowest BCUT2D eigenvalue weighted by Gasteiger charge is -2.40. The van der Waals surface area contributed by atoms with Crippen molar-refractivity contribution in [3.05, 3.63) is 0 Å². The van der Waals surface area contributed by atoms with Gasteiger partial charge in [-0.05, 0) is 47.8 Å². The van der Waals surface area contributed by atoms with E-state index in [1.165, 1.54) is 0 Å². The Bertz CT molecular complexity index is 150. The van der Waals surface area contributed by atoms with Crippen LogP contribution in [0.15, 0.2) is 0 Å². The van der Waals surface area contributed by atoms with Crippen LogP contribution in [0.3, 0.4) is 0 Å². The standard InChI is InChI=1S/C12H28N2O/c1-7-9-13-11(10-15-8-2)12(3,4)14(5)6/h11,13H,7-10H2,1-6H3. The van der Waals surface area contributed by atoms with Crippen molar-refractivity contribution < 1.29 is 4.74 Å². The number of nitrogens with one attached hydrogen (secondary N) is 1. The number of hydrogen-bond acceptors (Lipinski definition) is 3. The Morgan fingerprint density at radius 1 is 1.27 bits per heavy atom. The average molecular weight is 216 g/mol. The summed E-state index contributed by atoms with van der Waals surface area (Å²) in [4.78, 5) is 2.25. The lowest BCUT2D eigenvalue weighted by atomic mass is 9.93. The molecule has 92 valence electrons. The van der Waals surface area contributed by atoms with Crippen LogP contribution in [0.5, 0.6) is 0 Å². The molecule has 1 unspecified atom stereocenters. The Labute approximate surface area is 95.2 Å². The molecule has 0 aliphatic heterocycles. The summed E-state index contributed by atoms with van der Waals surface area (Å²) in [6, 6.07) is 0.382. The van der Waals surface area contributed by atoms with Gasteiger partial charge in [-0.25, -0.2) is 0 Å². The van der Waals surface area contributed by atoms with Gasteiger partial charge in [-0.2, -0.15) is 0 Å². The third kappa shape index (κ3) is 4.96. The van der Waals surface area contributed by atoms with E-state index in [4.69, 9.17) is 4.74 Å². The minimum Gasteiger partial charge on any atom is -0.380 e. The van der Waals surface area contributed by atoms with Gasteiger partial charge in [0.2, 0.25) is 0 Å². The molecule has 1 N–H and O–H groups in total. The molecule has 0 aromatic heterocycles. The van der Waals surface area contributed by atoms with Crippen LogP contribution in [0.1, 0.15) is 34.1 Å². The third-order valence-electron chi connectivity index (χ3n) is 3.13. The molecule has 0 aromatic rings. The molecule has 0 fully saturated rings. The SMILES string of the molecule is CCCNC(COCC)C(C)(C)N(C)C. The van der Waals surface area contributed by atoms with Crippen LogP contribution in [0, 0.1) is 0 Å². The predicted molar refractivity (Wildman–Crippen MR) is 66.3 cm³/mol. The van der Waals surface area contributed by atoms with Crippen LogP contribution < -0.4 is 5.32 Å². The lowest BCUT2D eigenvalue weighted by molar-refractivity contribution is 0.0534. The van der Waals surface area contributed by atoms with Crippen LogP contribution in [0.2, 0.25) is 0 Å². The molecule has 0 aliphatic carbocycles. The minimum atomic E-state index is 0.115. The van der Waals surface area contributed by atoms with Crippen LogP contribution >= 0.6 is 0 Å². The molecule has 0 spiro atoms. The van der Waals surface area contributed by atoms with Crippen molar-refractivity contribution in [2.24, 2.45) is 0 Å². The van der Waals surface area contributed by atoms with Gasteiger partial charge in [0.25, 0.3) is 0 Å². The van der Waals surface area contributed by atoms with Crippen molar-refractivity contribution in [2.75, 3.05) is 33.9 Å². The van der Waals surface area contributed by atoms with Gasteiger partial charge in [-0.1, -0.05) is 6.92 Å². The lowest BCUT2D eigenvalue weighted by Crippen LogP contribution is -2.57. The first kappa shape index (κ1) is 14.9. The molecule has 0 radical (unpaired) electrons. The maximum absolute atomic E-state index is 5.54. The fourth-order valence-corrected chi connectivity index (χ4v) is 1.38. The quantitative estimate of drug-likeness (QED) is 0.669. The van der Waals surface area contributed by atoms with Crippen molar-refractivity contribution in [3.8, 4) is 0 Å². The summed E-state index contributed by atoms with van der Waals surface area (Å²) in [6.45, 7) is 11.3. The van der Waals surface area contributed by atoms with E-state index in [1.54, 1.807) is 0 Å². The smallest absolute Gasteiger partial charge is 0.0637 e. The second kappa shape index (κ2) is 7.20. The van der Waals surface area contributed by atoms with Crippen molar-refractivity contribution in [1.29, 1.82) is 0 Å². The van der Waals surface area contributed by atoms with Gasteiger partial charge in [0.15, 0.2) is 0 Å². The zero-order chi connectivity index (χ0) is 11.9. The minimum absolute atomic E-state index is 0.115. The maximum Gasteiger partial charge on any atom is 0.0637 e. The Kier molecular flexibility index (Phi) is 7.14. The van der Waals surface area contributed by atoms with Crippen molar-refractivity contribution in [1.82, 2.24) is 10.2 Å². The topological polar surface area (TPSA) is 24.5 Å². The highest BCUT2D eigenvalue weighted by atomic mass is 16.5. The van der Waals surface area contributed by atoms with Crippen molar-refractivity contribution in [2.45, 2.75) is 45.7 Å². The van der Waals surface area contributed by atoms with Gasteiger partial charge in [-0.15, -0.1) is 0 Å². The van der Waals surface area contributed by atoms with E-state index in [1.807, 2.05) is 6.92 Å². The van der Waals surface area contributed by atoms with Gasteiger partial charge in [0.05, 0.1) is 6.61 Å². The molecular weight excluding hydrogens is 188 g/mol. The Morgan fingerprint density at radius 3 is 2.27 bits per heavy atom. The molecule has 0 aliphatic rings. The second-order valence-electron chi connectivity index (χ2n) is 4.71. The summed E-state index contributed by atoms with van der Waals surface area (Å²) in [5.74, 6) is 0. The number of rotatable bonds is 8. The highest BCUT2D eigenvalue weighted by Crippen LogP contribution is 2.16. The molecule has 3 heteroatoms. The highest BCUT2D eigenvalue weighted by molar-refractivity contribution is 4.91. The summed E-state index contributed by atoms with van der Waals surface area (Å²) in [7, 11) is 4.24. The Morgan fingerprint density at radius 2 is 1.87 bits per heavy atom. The molecule has 0 amide bonds. The third-order valence-corrected chi connectivity index (χ3v) is 3.13. The summed E-state index contributed by atoms with van der Waals surface area (Å²) in [6.07, 6.45) is 1.16. The van der Waals surface area contributed by atoms with E-state index in [9.17, 15) is 0 Å². The van der Waals surface area contributed by atoms with Crippen LogP contribution in [0.4, 0.5) is 0 Å². The number of ether oxygens (including phenoxy) is 1. The maximum atomic E-state index is 5.54. The molecule has 0 rings (SSSR count). The molecular formula is C12H28N2O. The van der Waals surface area contributed by atoms with Crippen LogP contribution in [-0.2, 0) is 4.74 Å². The number of likely N-dealkylation sites (N-methyl/N-ethyl adjacent to an activating group) is 1. The average Bonchev–Trinajstić information content (AvgIpc) is 2.17. The van der Waals surface area contributed by atoms with E-state index >= 15 is 0 Å². The molecule has 0 saturated carbocycles. The molecule has 3 nitrogen and oxygen atoms in total. The van der Waals surface area contributed by atoms with E-state index < -0.39 is 0 Å². The molecule has 0 heterocycles. The zero-order valence-electron chi connectivity index (χ0n) is 11.3. The fourth-order valence-electron chi connectivity index (χ4n) is 1.38. The van der Waals surface area contributed by atoms with Crippen LogP contribution in [0.25, 0.3) is 0 Å². The fraction of sp³-hybridized carbons (Fsp3) is 1.00. The summed E-state index contributed by atoms with van der Waals surface area (Å²) >= 11 is 0. The monoisotopic (exact) mass is 216 g/mol. The summed E-state index contributed by atoms with van der Waals surface area (Å²) in [5, 5.41) is 3.56. The first-order chi connectivity index (χ1) is 6.96. The summed E-state index contributed by atoms with van der Waals surface area (Å²) in [5.41, 5.74) is 0.115. The van der Waals surface area contributed by atoms with Crippen molar-refractivity contribution >= 4 is 0 Å². The zero-order valence-corrected chi connectivity index (χ0v) is 11.3. The Balaban J connectivity index is 4.31. The Hall–Kier alpha value is -0.120. The largest absolute Gasteiger partial charge is 0.380 e. The number of nitrogens with zero attached hydrogens (tertiary/aromatic N) is 1. The normalized spacial score (nSPS) is 14.6. The van der Waals surface area contributed by atoms with Gasteiger partial charge in [-0.3, -0.25) is 0 Å². The van der Waals surface area contributed by atoms with Gasteiger partial charge in [0, 0.05) is 18.2 Å². The van der Waals surface area contributed by atoms with Gasteiger partial charge in [0.1, 0.15) is 0 Å². The van der Waals surface area contributed by atoms with Crippen LogP contribution in [-0.4, -0.2) is 50.3 Å². The molecule has 1 atom stereocenters. The van der Waals surface area contributed by atoms with E-state index in [0.717, 1.165) is 26.2 Å². The predicted octanol–water partition coefficient (Wildman–Crippen LogP) is 1.73. The van der Waals surface area contributed by atoms with E-state index in [2.05, 4.69) is 45.1 Å². The molecule has 0 bridgehead atoms. The van der Waals surface area contributed by atoms with E-state index in [0.29, 0.717) is 6.04 Å². The first-order valence-corrected chi connectivity index (χ1v) is 5.95. The highest BCUT2D eigenvalue weighted by Gasteiger charge is 2.30. The number of hydrogen-bond donors (Lipinski definition) is 1. The molecule has 0 saturated heterocycles. The summed E-state index contributed by atoms with van der Waals surface area (Å²) < 4.78 is 5.54. The van der Waals surface area contributed by atoms with E-state index in [-0.39, 0.29) is 5.54 Å². The first-order valence-electron chi connectivity index (χ1n) is 5.95. The molecule has 0 aromatic carbocycles. The van der Waals surface area contributed by atoms with Gasteiger partial charge >= 0.3 is 0 Å². The second-order valence-corrected chi connectivity index (χ2v) is 4.71. The van der Waals surface area contributed by atoms with Gasteiger partial charge < -0.3 is 15.0 Å².